The summed E-state index contributed by atoms with van der Waals surface area (Å²) in [6.45, 7) is 7.01. The lowest BCUT2D eigenvalue weighted by atomic mass is 9.88. The number of halogens is 1. The van der Waals surface area contributed by atoms with Gasteiger partial charge in [0.25, 0.3) is 11.5 Å². The third-order valence-electron chi connectivity index (χ3n) is 11.6. The van der Waals surface area contributed by atoms with Crippen molar-refractivity contribution in [2.45, 2.75) is 50.9 Å². The number of hydrogen-bond donors (Lipinski definition) is 0. The molecule has 1 spiro atoms. The van der Waals surface area contributed by atoms with Gasteiger partial charge in [0.1, 0.15) is 27.7 Å². The predicted molar refractivity (Wildman–Crippen MR) is 219 cm³/mol. The van der Waals surface area contributed by atoms with Crippen molar-refractivity contribution in [2.24, 2.45) is 7.05 Å². The summed E-state index contributed by atoms with van der Waals surface area (Å²) >= 11 is 4.94. The summed E-state index contributed by atoms with van der Waals surface area (Å²) in [5.41, 5.74) is 7.53. The van der Waals surface area contributed by atoms with E-state index in [4.69, 9.17) is 9.47 Å². The fourth-order valence-corrected chi connectivity index (χ4v) is 9.81. The number of amides is 1. The quantitative estimate of drug-likeness (QED) is 0.0865. The molecule has 3 aliphatic rings. The molecule has 0 bridgehead atoms. The summed E-state index contributed by atoms with van der Waals surface area (Å²) in [6.07, 6.45) is 6.53. The van der Waals surface area contributed by atoms with Gasteiger partial charge in [0.15, 0.2) is 0 Å². The Morgan fingerprint density at radius 3 is 2.55 bits per heavy atom. The van der Waals surface area contributed by atoms with Gasteiger partial charge in [-0.05, 0) is 106 Å². The Bertz CT molecular complexity index is 2420. The average molecular weight is 820 g/mol. The maximum absolute atomic E-state index is 13.7. The van der Waals surface area contributed by atoms with E-state index in [0.29, 0.717) is 23.4 Å². The van der Waals surface area contributed by atoms with Crippen molar-refractivity contribution in [3.05, 3.63) is 115 Å². The zero-order chi connectivity index (χ0) is 38.4. The number of hydrogen-bond acceptors (Lipinski definition) is 9. The number of benzene rings is 2. The molecule has 1 unspecified atom stereocenters. The number of nitriles is 1. The van der Waals surface area contributed by atoms with Gasteiger partial charge in [-0.15, -0.1) is 11.3 Å². The molecule has 2 aromatic carbocycles. The third-order valence-corrected chi connectivity index (χ3v) is 13.0. The van der Waals surface area contributed by atoms with Crippen LogP contribution in [-0.4, -0.2) is 76.1 Å². The van der Waals surface area contributed by atoms with Gasteiger partial charge < -0.3 is 18.9 Å². The highest BCUT2D eigenvalue weighted by atomic mass is 79.9. The van der Waals surface area contributed by atoms with Crippen molar-refractivity contribution >= 4 is 49.3 Å². The lowest BCUT2D eigenvalue weighted by Gasteiger charge is -2.43. The van der Waals surface area contributed by atoms with Crippen molar-refractivity contribution in [3.63, 3.8) is 0 Å². The SMILES string of the molecule is COc1cc(-c2cn(C)c(=O)c3ccsc23)cc(OC)c1CN1CCN(Cc2cccc3c2CCN(C(=O)/C(C#N)=C/c2cccc(Br)n2)C3C)C2(CC2)C1. The Kier molecular flexibility index (Phi) is 10.2. The molecule has 10 nitrogen and oxygen atoms in total. The molecule has 1 saturated heterocycles. The summed E-state index contributed by atoms with van der Waals surface area (Å²) < 4.78 is 15.3. The minimum atomic E-state index is -0.268. The van der Waals surface area contributed by atoms with Crippen molar-refractivity contribution < 1.29 is 14.3 Å². The van der Waals surface area contributed by atoms with Crippen molar-refractivity contribution in [3.8, 4) is 28.7 Å². The van der Waals surface area contributed by atoms with Crippen LogP contribution in [0.25, 0.3) is 27.3 Å². The van der Waals surface area contributed by atoms with E-state index in [0.717, 1.165) is 89.3 Å². The molecule has 55 heavy (non-hydrogen) atoms. The first kappa shape index (κ1) is 37.1. The van der Waals surface area contributed by atoms with Crippen LogP contribution >= 0.6 is 27.3 Å². The second-order valence-corrected chi connectivity index (χ2v) is 16.5. The molecule has 2 fully saturated rings. The largest absolute Gasteiger partial charge is 0.496 e. The first-order valence-electron chi connectivity index (χ1n) is 18.6. The highest BCUT2D eigenvalue weighted by Gasteiger charge is 2.51. The molecular weight excluding hydrogens is 776 g/mol. The molecule has 2 aliphatic heterocycles. The van der Waals surface area contributed by atoms with Crippen LogP contribution < -0.4 is 15.0 Å². The van der Waals surface area contributed by atoms with Crippen LogP contribution in [0, 0.1) is 11.3 Å². The monoisotopic (exact) mass is 818 g/mol. The van der Waals surface area contributed by atoms with Crippen LogP contribution in [-0.2, 0) is 31.4 Å². The molecule has 12 heteroatoms. The molecule has 1 atom stereocenters. The van der Waals surface area contributed by atoms with E-state index in [1.54, 1.807) is 49.3 Å². The molecule has 0 N–H and O–H groups in total. The number of aryl methyl sites for hydroxylation is 1. The maximum atomic E-state index is 13.7. The van der Waals surface area contributed by atoms with Crippen LogP contribution in [0.4, 0.5) is 0 Å². The smallest absolute Gasteiger partial charge is 0.265 e. The highest BCUT2D eigenvalue weighted by Crippen LogP contribution is 2.47. The van der Waals surface area contributed by atoms with E-state index >= 15 is 0 Å². The van der Waals surface area contributed by atoms with Crippen LogP contribution in [0.3, 0.4) is 0 Å². The van der Waals surface area contributed by atoms with Crippen LogP contribution in [0.1, 0.15) is 53.8 Å². The third kappa shape index (κ3) is 6.99. The lowest BCUT2D eigenvalue weighted by Crippen LogP contribution is -2.54. The molecule has 1 amide bonds. The number of carbonyl (C=O) groups is 1. The predicted octanol–water partition coefficient (Wildman–Crippen LogP) is 7.34. The number of rotatable bonds is 9. The van der Waals surface area contributed by atoms with Crippen LogP contribution in [0.5, 0.6) is 11.5 Å². The summed E-state index contributed by atoms with van der Waals surface area (Å²) in [5.74, 6) is 1.29. The topological polar surface area (TPSA) is 104 Å². The van der Waals surface area contributed by atoms with Gasteiger partial charge in [-0.1, -0.05) is 24.3 Å². The fourth-order valence-electron chi connectivity index (χ4n) is 8.53. The fraction of sp³-hybridized carbons (Fsp3) is 0.349. The number of methoxy groups -OCH3 is 2. The Labute approximate surface area is 333 Å². The Morgan fingerprint density at radius 2 is 1.84 bits per heavy atom. The molecule has 1 saturated carbocycles. The zero-order valence-corrected chi connectivity index (χ0v) is 33.9. The number of fused-ring (bicyclic) bond motifs is 2. The molecule has 1 aliphatic carbocycles. The van der Waals surface area contributed by atoms with Gasteiger partial charge in [0.2, 0.25) is 0 Å². The van der Waals surface area contributed by atoms with E-state index in [1.807, 2.05) is 34.7 Å². The average Bonchev–Trinajstić information content (AvgIpc) is 3.77. The van der Waals surface area contributed by atoms with E-state index in [9.17, 15) is 14.9 Å². The minimum Gasteiger partial charge on any atom is -0.496 e. The number of nitrogens with zero attached hydrogens (tertiary/aromatic N) is 6. The van der Waals surface area contributed by atoms with Gasteiger partial charge >= 0.3 is 0 Å². The standard InChI is InChI=1S/C43H43BrN6O4S/c1-27-32-9-5-7-28(33(32)11-15-50(27)41(51)30(22-45)19-31-8-6-10-39(44)46-31)23-49-17-16-48(26-43(49)13-14-43)25-36-37(53-3)20-29(21-38(36)54-4)35-24-47(2)42(52)34-12-18-55-40(34)35/h5-10,12,18-21,24,27H,11,13-17,23,25-26H2,1-4H3/b30-19+. The second kappa shape index (κ2) is 15.0. The van der Waals surface area contributed by atoms with Gasteiger partial charge in [-0.25, -0.2) is 4.98 Å². The second-order valence-electron chi connectivity index (χ2n) is 14.8. The number of ether oxygens (including phenoxy) is 2. The van der Waals surface area contributed by atoms with E-state index in [2.05, 4.69) is 74.0 Å². The van der Waals surface area contributed by atoms with Crippen LogP contribution in [0.2, 0.25) is 0 Å². The number of carbonyl (C=O) groups excluding carboxylic acids is 1. The Hall–Kier alpha value is -4.80. The number of pyridine rings is 2. The van der Waals surface area contributed by atoms with Crippen molar-refractivity contribution in [2.75, 3.05) is 40.4 Å². The summed E-state index contributed by atoms with van der Waals surface area (Å²) in [7, 11) is 5.21. The number of aromatic nitrogens is 2. The van der Waals surface area contributed by atoms with Gasteiger partial charge in [-0.3, -0.25) is 19.4 Å². The van der Waals surface area contributed by atoms with E-state index < -0.39 is 0 Å². The minimum absolute atomic E-state index is 0.00145. The van der Waals surface area contributed by atoms with Crippen molar-refractivity contribution in [1.29, 1.82) is 5.26 Å². The van der Waals surface area contributed by atoms with E-state index in [1.165, 1.54) is 11.1 Å². The van der Waals surface area contributed by atoms with Crippen molar-refractivity contribution in [1.82, 2.24) is 24.3 Å². The van der Waals surface area contributed by atoms with Crippen LogP contribution in [0.15, 0.2) is 81.1 Å². The molecular formula is C43H43BrN6O4S. The number of thiophene rings is 1. The molecule has 5 heterocycles. The first-order valence-corrected chi connectivity index (χ1v) is 20.3. The summed E-state index contributed by atoms with van der Waals surface area (Å²) in [4.78, 5) is 37.8. The van der Waals surface area contributed by atoms with Gasteiger partial charge in [-0.2, -0.15) is 5.26 Å². The Balaban J connectivity index is 0.981. The molecule has 3 aromatic heterocycles. The Morgan fingerprint density at radius 1 is 1.07 bits per heavy atom. The maximum Gasteiger partial charge on any atom is 0.265 e. The highest BCUT2D eigenvalue weighted by molar-refractivity contribution is 9.10. The zero-order valence-electron chi connectivity index (χ0n) is 31.5. The molecule has 8 rings (SSSR count). The van der Waals surface area contributed by atoms with E-state index in [-0.39, 0.29) is 28.6 Å². The molecule has 5 aromatic rings. The summed E-state index contributed by atoms with van der Waals surface area (Å²) in [5, 5.41) is 12.6. The lowest BCUT2D eigenvalue weighted by molar-refractivity contribution is -0.129. The molecule has 282 valence electrons. The number of piperazine rings is 1. The normalized spacial score (nSPS) is 18.3. The first-order chi connectivity index (χ1) is 26.6. The summed E-state index contributed by atoms with van der Waals surface area (Å²) in [6, 6.07) is 19.9. The van der Waals surface area contributed by atoms with Gasteiger partial charge in [0, 0.05) is 68.3 Å². The molecule has 0 radical (unpaired) electrons. The van der Waals surface area contributed by atoms with Gasteiger partial charge in [0.05, 0.1) is 36.9 Å².